The van der Waals surface area contributed by atoms with Gasteiger partial charge in [0.1, 0.15) is 11.7 Å². The lowest BCUT2D eigenvalue weighted by molar-refractivity contribution is 0.450. The Balaban J connectivity index is 2.19. The van der Waals surface area contributed by atoms with E-state index >= 15 is 0 Å². The minimum atomic E-state index is -0.649. The Kier molecular flexibility index (Phi) is 4.66. The lowest BCUT2D eigenvalue weighted by Crippen LogP contribution is -2.31. The summed E-state index contributed by atoms with van der Waals surface area (Å²) >= 11 is 7.01. The summed E-state index contributed by atoms with van der Waals surface area (Å²) in [5.74, 6) is -0.263. The van der Waals surface area contributed by atoms with Crippen LogP contribution >= 0.6 is 31.9 Å². The number of nitrogens with zero attached hydrogens (tertiary/aromatic N) is 2. The molecule has 2 atom stereocenters. The molecule has 0 fully saturated rings. The van der Waals surface area contributed by atoms with Crippen molar-refractivity contribution in [1.82, 2.24) is 0 Å². The molecule has 2 aromatic rings. The molecule has 0 saturated carbocycles. The SMILES string of the molecule is CN(C)c1ccc2c(c1)OC(=N)C(C#N)C2c1cc(Br)cc(Br)c1. The molecular formula is C18H15Br2N3O. The molecule has 0 radical (unpaired) electrons. The molecule has 2 aromatic carbocycles. The van der Waals surface area contributed by atoms with Gasteiger partial charge in [0.05, 0.1) is 6.07 Å². The van der Waals surface area contributed by atoms with E-state index in [9.17, 15) is 5.26 Å². The Labute approximate surface area is 157 Å². The van der Waals surface area contributed by atoms with Crippen LogP contribution in [-0.4, -0.2) is 20.0 Å². The van der Waals surface area contributed by atoms with Crippen LogP contribution in [0.1, 0.15) is 17.0 Å². The summed E-state index contributed by atoms with van der Waals surface area (Å²) in [7, 11) is 3.91. The zero-order valence-corrected chi connectivity index (χ0v) is 16.3. The fourth-order valence-electron chi connectivity index (χ4n) is 2.92. The number of ether oxygens (including phenoxy) is 1. The van der Waals surface area contributed by atoms with E-state index < -0.39 is 5.92 Å². The highest BCUT2D eigenvalue weighted by Crippen LogP contribution is 2.44. The Morgan fingerprint density at radius 3 is 2.38 bits per heavy atom. The highest BCUT2D eigenvalue weighted by molar-refractivity contribution is 9.11. The third kappa shape index (κ3) is 3.06. The molecular weight excluding hydrogens is 434 g/mol. The second-order valence-corrected chi connectivity index (χ2v) is 7.70. The second-order valence-electron chi connectivity index (χ2n) is 5.87. The van der Waals surface area contributed by atoms with Gasteiger partial charge in [-0.15, -0.1) is 0 Å². The molecule has 0 aromatic heterocycles. The molecule has 2 unspecified atom stereocenters. The van der Waals surface area contributed by atoms with E-state index in [-0.39, 0.29) is 11.8 Å². The van der Waals surface area contributed by atoms with Crippen LogP contribution in [0, 0.1) is 22.7 Å². The molecule has 1 aliphatic heterocycles. The van der Waals surface area contributed by atoms with Crippen molar-refractivity contribution >= 4 is 43.4 Å². The molecule has 0 bridgehead atoms. The van der Waals surface area contributed by atoms with Crippen LogP contribution in [0.15, 0.2) is 45.3 Å². The van der Waals surface area contributed by atoms with E-state index in [1.165, 1.54) is 0 Å². The van der Waals surface area contributed by atoms with Crippen molar-refractivity contribution in [2.24, 2.45) is 5.92 Å². The maximum atomic E-state index is 9.60. The van der Waals surface area contributed by atoms with Crippen LogP contribution in [0.3, 0.4) is 0 Å². The van der Waals surface area contributed by atoms with Gasteiger partial charge in [-0.3, -0.25) is 5.41 Å². The number of benzene rings is 2. The van der Waals surface area contributed by atoms with Crippen molar-refractivity contribution in [3.05, 3.63) is 56.5 Å². The average Bonchev–Trinajstić information content (AvgIpc) is 2.51. The maximum Gasteiger partial charge on any atom is 0.205 e. The van der Waals surface area contributed by atoms with Gasteiger partial charge in [0.2, 0.25) is 5.90 Å². The highest BCUT2D eigenvalue weighted by Gasteiger charge is 2.37. The Morgan fingerprint density at radius 2 is 1.79 bits per heavy atom. The van der Waals surface area contributed by atoms with Gasteiger partial charge in [-0.1, -0.05) is 37.9 Å². The third-order valence-corrected chi connectivity index (χ3v) is 4.98. The Hall–Kier alpha value is -1.84. The van der Waals surface area contributed by atoms with Crippen LogP contribution in [0.2, 0.25) is 0 Å². The largest absolute Gasteiger partial charge is 0.442 e. The van der Waals surface area contributed by atoms with E-state index in [0.29, 0.717) is 5.75 Å². The maximum absolute atomic E-state index is 9.60. The van der Waals surface area contributed by atoms with Crippen LogP contribution in [0.5, 0.6) is 5.75 Å². The van der Waals surface area contributed by atoms with Gasteiger partial charge >= 0.3 is 0 Å². The molecule has 1 N–H and O–H groups in total. The van der Waals surface area contributed by atoms with Crippen molar-refractivity contribution in [2.75, 3.05) is 19.0 Å². The van der Waals surface area contributed by atoms with Crippen molar-refractivity contribution < 1.29 is 4.74 Å². The minimum Gasteiger partial charge on any atom is -0.442 e. The standard InChI is InChI=1S/C18H15Br2N3O/c1-23(2)13-3-4-14-16(8-13)24-18(22)15(9-21)17(14)10-5-11(19)7-12(20)6-10/h3-8,15,17,22H,1-2H3. The van der Waals surface area contributed by atoms with Gasteiger partial charge in [-0.25, -0.2) is 0 Å². The van der Waals surface area contributed by atoms with E-state index in [4.69, 9.17) is 10.1 Å². The van der Waals surface area contributed by atoms with Crippen LogP contribution in [0.25, 0.3) is 0 Å². The molecule has 1 heterocycles. The monoisotopic (exact) mass is 447 g/mol. The predicted octanol–water partition coefficient (Wildman–Crippen LogP) is 4.92. The number of rotatable bonds is 2. The van der Waals surface area contributed by atoms with E-state index in [1.54, 1.807) is 0 Å². The highest BCUT2D eigenvalue weighted by atomic mass is 79.9. The summed E-state index contributed by atoms with van der Waals surface area (Å²) in [5, 5.41) is 17.8. The normalized spacial score (nSPS) is 19.2. The number of nitrogens with one attached hydrogen (secondary N) is 1. The number of halogens is 2. The van der Waals surface area contributed by atoms with Crippen molar-refractivity contribution in [3.8, 4) is 11.8 Å². The summed E-state index contributed by atoms with van der Waals surface area (Å²) in [6.07, 6.45) is 0. The Bertz CT molecular complexity index is 838. The van der Waals surface area contributed by atoms with Gasteiger partial charge in [0.25, 0.3) is 0 Å². The molecule has 0 aliphatic carbocycles. The number of anilines is 1. The van der Waals surface area contributed by atoms with Gasteiger partial charge in [0.15, 0.2) is 0 Å². The summed E-state index contributed by atoms with van der Waals surface area (Å²) in [5.41, 5.74) is 2.88. The molecule has 6 heteroatoms. The van der Waals surface area contributed by atoms with E-state index in [2.05, 4.69) is 37.9 Å². The number of fused-ring (bicyclic) bond motifs is 1. The summed E-state index contributed by atoms with van der Waals surface area (Å²) in [6.45, 7) is 0. The lowest BCUT2D eigenvalue weighted by atomic mass is 9.79. The predicted molar refractivity (Wildman–Crippen MR) is 102 cm³/mol. The number of hydrogen-bond acceptors (Lipinski definition) is 4. The molecule has 4 nitrogen and oxygen atoms in total. The zero-order chi connectivity index (χ0) is 17.4. The van der Waals surface area contributed by atoms with Crippen LogP contribution in [-0.2, 0) is 0 Å². The molecule has 0 saturated heterocycles. The lowest BCUT2D eigenvalue weighted by Gasteiger charge is -2.31. The van der Waals surface area contributed by atoms with E-state index in [1.807, 2.05) is 55.4 Å². The fourth-order valence-corrected chi connectivity index (χ4v) is 4.25. The molecule has 24 heavy (non-hydrogen) atoms. The molecule has 0 amide bonds. The molecule has 122 valence electrons. The quantitative estimate of drug-likeness (QED) is 0.709. The van der Waals surface area contributed by atoms with Crippen molar-refractivity contribution in [3.63, 3.8) is 0 Å². The summed E-state index contributed by atoms with van der Waals surface area (Å²) in [4.78, 5) is 1.98. The second kappa shape index (κ2) is 6.58. The minimum absolute atomic E-state index is 0.0120. The third-order valence-electron chi connectivity index (χ3n) is 4.07. The first kappa shape index (κ1) is 17.0. The van der Waals surface area contributed by atoms with Crippen molar-refractivity contribution in [2.45, 2.75) is 5.92 Å². The zero-order valence-electron chi connectivity index (χ0n) is 13.2. The molecule has 0 spiro atoms. The molecule has 1 aliphatic rings. The smallest absolute Gasteiger partial charge is 0.205 e. The first-order chi connectivity index (χ1) is 11.4. The number of nitriles is 1. The van der Waals surface area contributed by atoms with Crippen molar-refractivity contribution in [1.29, 1.82) is 10.7 Å². The first-order valence-corrected chi connectivity index (χ1v) is 8.92. The summed E-state index contributed by atoms with van der Waals surface area (Å²) in [6, 6.07) is 14.1. The first-order valence-electron chi connectivity index (χ1n) is 7.34. The van der Waals surface area contributed by atoms with Gasteiger partial charge < -0.3 is 9.64 Å². The van der Waals surface area contributed by atoms with E-state index in [0.717, 1.165) is 25.8 Å². The van der Waals surface area contributed by atoms with Gasteiger partial charge in [-0.05, 0) is 29.8 Å². The van der Waals surface area contributed by atoms with Gasteiger partial charge in [-0.2, -0.15) is 5.26 Å². The fraction of sp³-hybridized carbons (Fsp3) is 0.222. The Morgan fingerprint density at radius 1 is 1.12 bits per heavy atom. The average molecular weight is 449 g/mol. The molecule has 3 rings (SSSR count). The summed E-state index contributed by atoms with van der Waals surface area (Å²) < 4.78 is 7.50. The topological polar surface area (TPSA) is 60.1 Å². The van der Waals surface area contributed by atoms with Crippen LogP contribution in [0.4, 0.5) is 5.69 Å². The number of hydrogen-bond donors (Lipinski definition) is 1. The van der Waals surface area contributed by atoms with Gasteiger partial charge in [0, 0.05) is 46.3 Å². The van der Waals surface area contributed by atoms with Crippen LogP contribution < -0.4 is 9.64 Å².